The highest BCUT2D eigenvalue weighted by Gasteiger charge is 2.25. The first-order valence-corrected chi connectivity index (χ1v) is 10.5. The Kier molecular flexibility index (Phi) is 8.30. The molecule has 2 aromatic carbocycles. The maximum absolute atomic E-state index is 12.8. The standard InChI is InChI=1S/C23H21Cl2N3O4/c1-15(32-21-10-9-17(24)13-19(21)25)22(29)27-20(12-16-6-3-2-4-7-16)23(30)28-26-14-18-8-5-11-31-18/h2-11,13-15,20H,12H2,1H3,(H,27,29)(H,28,30)/b26-14-/t15-,20-/m0/s1. The molecular formula is C23H21Cl2N3O4. The van der Waals surface area contributed by atoms with Crippen molar-refractivity contribution < 1.29 is 18.7 Å². The summed E-state index contributed by atoms with van der Waals surface area (Å²) in [5.41, 5.74) is 3.30. The lowest BCUT2D eigenvalue weighted by molar-refractivity contribution is -0.132. The number of ether oxygens (including phenoxy) is 1. The van der Waals surface area contributed by atoms with E-state index in [2.05, 4.69) is 15.8 Å². The van der Waals surface area contributed by atoms with Crippen LogP contribution in [0.1, 0.15) is 18.2 Å². The molecule has 0 aliphatic carbocycles. The molecule has 1 aromatic heterocycles. The van der Waals surface area contributed by atoms with E-state index in [0.29, 0.717) is 16.5 Å². The van der Waals surface area contributed by atoms with E-state index in [1.165, 1.54) is 18.5 Å². The number of benzene rings is 2. The number of halogens is 2. The van der Waals surface area contributed by atoms with Gasteiger partial charge in [0.05, 0.1) is 17.5 Å². The highest BCUT2D eigenvalue weighted by atomic mass is 35.5. The van der Waals surface area contributed by atoms with Crippen LogP contribution < -0.4 is 15.5 Å². The molecule has 0 unspecified atom stereocenters. The Morgan fingerprint density at radius 1 is 1.09 bits per heavy atom. The summed E-state index contributed by atoms with van der Waals surface area (Å²) in [6.07, 6.45) is 2.22. The fourth-order valence-electron chi connectivity index (χ4n) is 2.77. The molecule has 2 amide bonds. The lowest BCUT2D eigenvalue weighted by Crippen LogP contribution is -2.50. The lowest BCUT2D eigenvalue weighted by Gasteiger charge is -2.21. The molecule has 0 saturated carbocycles. The van der Waals surface area contributed by atoms with Gasteiger partial charge in [-0.15, -0.1) is 0 Å². The first-order valence-electron chi connectivity index (χ1n) is 9.75. The summed E-state index contributed by atoms with van der Waals surface area (Å²) in [5, 5.41) is 7.34. The molecule has 2 N–H and O–H groups in total. The summed E-state index contributed by atoms with van der Waals surface area (Å²) in [6.45, 7) is 1.56. The number of amides is 2. The number of rotatable bonds is 9. The summed E-state index contributed by atoms with van der Waals surface area (Å²) >= 11 is 12.0. The SMILES string of the molecule is C[C@H](Oc1ccc(Cl)cc1Cl)C(=O)N[C@@H](Cc1ccccc1)C(=O)N/N=C\c1ccco1. The second-order valence-corrected chi connectivity index (χ2v) is 7.68. The van der Waals surface area contributed by atoms with Gasteiger partial charge in [0.2, 0.25) is 0 Å². The van der Waals surface area contributed by atoms with Crippen LogP contribution in [0.15, 0.2) is 76.4 Å². The molecule has 3 aromatic rings. The third-order valence-corrected chi connectivity index (χ3v) is 4.92. The van der Waals surface area contributed by atoms with Crippen LogP contribution in [0.3, 0.4) is 0 Å². The quantitative estimate of drug-likeness (QED) is 0.359. The largest absolute Gasteiger partial charge is 0.479 e. The van der Waals surface area contributed by atoms with Crippen molar-refractivity contribution >= 4 is 41.2 Å². The molecule has 1 heterocycles. The van der Waals surface area contributed by atoms with Crippen molar-refractivity contribution in [1.82, 2.24) is 10.7 Å². The summed E-state index contributed by atoms with van der Waals surface area (Å²) in [5.74, 6) is -0.175. The molecule has 0 fully saturated rings. The minimum Gasteiger partial charge on any atom is -0.479 e. The van der Waals surface area contributed by atoms with Gasteiger partial charge in [-0.1, -0.05) is 53.5 Å². The van der Waals surface area contributed by atoms with Gasteiger partial charge in [-0.2, -0.15) is 5.10 Å². The van der Waals surface area contributed by atoms with Crippen LogP contribution in [0.5, 0.6) is 5.75 Å². The summed E-state index contributed by atoms with van der Waals surface area (Å²) < 4.78 is 10.8. The Balaban J connectivity index is 1.67. The van der Waals surface area contributed by atoms with Crippen molar-refractivity contribution in [2.75, 3.05) is 0 Å². The van der Waals surface area contributed by atoms with Gasteiger partial charge in [-0.3, -0.25) is 9.59 Å². The van der Waals surface area contributed by atoms with Crippen molar-refractivity contribution in [1.29, 1.82) is 0 Å². The second-order valence-electron chi connectivity index (χ2n) is 6.84. The number of carbonyl (C=O) groups is 2. The summed E-state index contributed by atoms with van der Waals surface area (Å²) in [6, 6.07) is 16.5. The molecule has 0 radical (unpaired) electrons. The molecule has 0 aliphatic heterocycles. The van der Waals surface area contributed by atoms with E-state index in [0.717, 1.165) is 5.56 Å². The van der Waals surface area contributed by atoms with Crippen molar-refractivity contribution in [2.24, 2.45) is 5.10 Å². The third-order valence-electron chi connectivity index (χ3n) is 4.39. The molecule has 0 bridgehead atoms. The second kappa shape index (κ2) is 11.4. The first-order chi connectivity index (χ1) is 15.4. The minimum absolute atomic E-state index is 0.267. The Morgan fingerprint density at radius 3 is 2.56 bits per heavy atom. The van der Waals surface area contributed by atoms with Crippen LogP contribution in [0.4, 0.5) is 0 Å². The van der Waals surface area contributed by atoms with Gasteiger partial charge in [0.1, 0.15) is 17.6 Å². The Bertz CT molecular complexity index is 1070. The zero-order valence-corrected chi connectivity index (χ0v) is 18.6. The maximum atomic E-state index is 12.8. The number of hydrogen-bond donors (Lipinski definition) is 2. The average molecular weight is 474 g/mol. The zero-order chi connectivity index (χ0) is 22.9. The van der Waals surface area contributed by atoms with Crippen molar-refractivity contribution in [2.45, 2.75) is 25.5 Å². The Morgan fingerprint density at radius 2 is 1.88 bits per heavy atom. The van der Waals surface area contributed by atoms with Crippen LogP contribution >= 0.6 is 23.2 Å². The predicted octanol–water partition coefficient (Wildman–Crippen LogP) is 4.23. The average Bonchev–Trinajstić information content (AvgIpc) is 3.29. The predicted molar refractivity (Wildman–Crippen MR) is 123 cm³/mol. The normalized spacial score (nSPS) is 12.8. The number of nitrogens with one attached hydrogen (secondary N) is 2. The third kappa shape index (κ3) is 6.87. The van der Waals surface area contributed by atoms with Gasteiger partial charge < -0.3 is 14.5 Å². The van der Waals surface area contributed by atoms with E-state index < -0.39 is 24.0 Å². The topological polar surface area (TPSA) is 92.9 Å². The van der Waals surface area contributed by atoms with Crippen molar-refractivity contribution in [3.8, 4) is 5.75 Å². The molecule has 166 valence electrons. The molecule has 0 aliphatic rings. The van der Waals surface area contributed by atoms with Gasteiger partial charge >= 0.3 is 0 Å². The number of hydrogen-bond acceptors (Lipinski definition) is 5. The van der Waals surface area contributed by atoms with Crippen molar-refractivity contribution in [3.05, 3.63) is 88.3 Å². The van der Waals surface area contributed by atoms with Crippen LogP contribution in [-0.4, -0.2) is 30.2 Å². The van der Waals surface area contributed by atoms with Gasteiger partial charge in [-0.05, 0) is 42.8 Å². The molecule has 2 atom stereocenters. The molecule has 9 heteroatoms. The van der Waals surface area contributed by atoms with E-state index >= 15 is 0 Å². The number of furan rings is 1. The highest BCUT2D eigenvalue weighted by Crippen LogP contribution is 2.28. The zero-order valence-electron chi connectivity index (χ0n) is 17.1. The van der Waals surface area contributed by atoms with Crippen LogP contribution in [-0.2, 0) is 16.0 Å². The van der Waals surface area contributed by atoms with E-state index in [1.807, 2.05) is 30.3 Å². The highest BCUT2D eigenvalue weighted by molar-refractivity contribution is 6.35. The fraction of sp³-hybridized carbons (Fsp3) is 0.174. The molecule has 0 saturated heterocycles. The molecule has 3 rings (SSSR count). The Hall–Kier alpha value is -3.29. The van der Waals surface area contributed by atoms with Crippen LogP contribution in [0.25, 0.3) is 0 Å². The molecule has 7 nitrogen and oxygen atoms in total. The number of carbonyl (C=O) groups excluding carboxylic acids is 2. The van der Waals surface area contributed by atoms with E-state index in [4.69, 9.17) is 32.4 Å². The molecule has 0 spiro atoms. The summed E-state index contributed by atoms with van der Waals surface area (Å²) in [4.78, 5) is 25.5. The van der Waals surface area contributed by atoms with Gasteiger partial charge in [-0.25, -0.2) is 5.43 Å². The fourth-order valence-corrected chi connectivity index (χ4v) is 3.22. The Labute approximate surface area is 195 Å². The van der Waals surface area contributed by atoms with Crippen molar-refractivity contribution in [3.63, 3.8) is 0 Å². The lowest BCUT2D eigenvalue weighted by atomic mass is 10.1. The number of hydrazone groups is 1. The monoisotopic (exact) mass is 473 g/mol. The molecule has 32 heavy (non-hydrogen) atoms. The maximum Gasteiger partial charge on any atom is 0.262 e. The van der Waals surface area contributed by atoms with E-state index in [-0.39, 0.29) is 11.4 Å². The van der Waals surface area contributed by atoms with Gasteiger partial charge in [0.25, 0.3) is 11.8 Å². The number of nitrogens with zero attached hydrogens (tertiary/aromatic N) is 1. The minimum atomic E-state index is -0.911. The van der Waals surface area contributed by atoms with Gasteiger partial charge in [0, 0.05) is 11.4 Å². The summed E-state index contributed by atoms with van der Waals surface area (Å²) in [7, 11) is 0. The molecular weight excluding hydrogens is 453 g/mol. The first kappa shape index (κ1) is 23.4. The van der Waals surface area contributed by atoms with Crippen LogP contribution in [0.2, 0.25) is 10.0 Å². The van der Waals surface area contributed by atoms with E-state index in [9.17, 15) is 9.59 Å². The van der Waals surface area contributed by atoms with Crippen LogP contribution in [0, 0.1) is 0 Å². The smallest absolute Gasteiger partial charge is 0.262 e. The van der Waals surface area contributed by atoms with Gasteiger partial charge in [0.15, 0.2) is 6.10 Å². The van der Waals surface area contributed by atoms with E-state index in [1.54, 1.807) is 31.2 Å².